The summed E-state index contributed by atoms with van der Waals surface area (Å²) < 4.78 is 5.57. The number of nitro benzene ring substituents is 1. The van der Waals surface area contributed by atoms with Gasteiger partial charge in [0.1, 0.15) is 11.5 Å². The highest BCUT2D eigenvalue weighted by molar-refractivity contribution is 6.32. The third-order valence-electron chi connectivity index (χ3n) is 2.82. The second-order valence-corrected chi connectivity index (χ2v) is 6.49. The van der Waals surface area contributed by atoms with Crippen molar-refractivity contribution in [2.45, 2.75) is 26.3 Å². The summed E-state index contributed by atoms with van der Waals surface area (Å²) in [6.07, 6.45) is 2.84. The number of carbonyl (C=O) groups excluding carboxylic acids is 1. The van der Waals surface area contributed by atoms with Crippen LogP contribution >= 0.6 is 11.6 Å². The Labute approximate surface area is 143 Å². The minimum Gasteiger partial charge on any atom is -0.454 e. The van der Waals surface area contributed by atoms with E-state index >= 15 is 0 Å². The molecule has 1 amide bonds. The van der Waals surface area contributed by atoms with Gasteiger partial charge in [0, 0.05) is 23.9 Å². The average Bonchev–Trinajstić information content (AvgIpc) is 2.47. The number of amides is 1. The van der Waals surface area contributed by atoms with Crippen LogP contribution in [-0.2, 0) is 0 Å². The molecule has 8 heteroatoms. The zero-order chi connectivity index (χ0) is 17.9. The number of benzene rings is 1. The zero-order valence-electron chi connectivity index (χ0n) is 13.4. The predicted molar refractivity (Wildman–Crippen MR) is 89.6 cm³/mol. The monoisotopic (exact) mass is 349 g/mol. The van der Waals surface area contributed by atoms with Crippen molar-refractivity contribution in [1.82, 2.24) is 10.3 Å². The SMILES string of the molecule is CC(C)(C)NC(=O)c1cncc(Oc2ccc([N+](=O)[O-])cc2Cl)c1. The summed E-state index contributed by atoms with van der Waals surface area (Å²) in [5, 5.41) is 13.6. The van der Waals surface area contributed by atoms with E-state index in [1.54, 1.807) is 0 Å². The van der Waals surface area contributed by atoms with Crippen molar-refractivity contribution in [2.75, 3.05) is 0 Å². The molecule has 1 aromatic carbocycles. The Kier molecular flexibility index (Phi) is 5.04. The van der Waals surface area contributed by atoms with Gasteiger partial charge in [0.2, 0.25) is 0 Å². The molecule has 0 unspecified atom stereocenters. The molecule has 7 nitrogen and oxygen atoms in total. The molecule has 1 aromatic heterocycles. The number of rotatable bonds is 4. The van der Waals surface area contributed by atoms with Crippen LogP contribution in [-0.4, -0.2) is 21.4 Å². The summed E-state index contributed by atoms with van der Waals surface area (Å²) in [5.74, 6) is 0.250. The van der Waals surface area contributed by atoms with Gasteiger partial charge in [-0.05, 0) is 32.9 Å². The number of ether oxygens (including phenoxy) is 1. The van der Waals surface area contributed by atoms with E-state index in [0.29, 0.717) is 11.3 Å². The van der Waals surface area contributed by atoms with Crippen molar-refractivity contribution < 1.29 is 14.5 Å². The fraction of sp³-hybridized carbons (Fsp3) is 0.250. The van der Waals surface area contributed by atoms with Crippen LogP contribution in [0.4, 0.5) is 5.69 Å². The Bertz CT molecular complexity index is 787. The lowest BCUT2D eigenvalue weighted by Gasteiger charge is -2.20. The first-order valence-corrected chi connectivity index (χ1v) is 7.43. The molecule has 1 heterocycles. The Morgan fingerprint density at radius 3 is 2.58 bits per heavy atom. The molecule has 1 N–H and O–H groups in total. The molecular formula is C16H16ClN3O4. The van der Waals surface area contributed by atoms with Gasteiger partial charge in [-0.1, -0.05) is 11.6 Å². The second-order valence-electron chi connectivity index (χ2n) is 6.09. The molecule has 126 valence electrons. The molecule has 0 atom stereocenters. The first-order valence-electron chi connectivity index (χ1n) is 7.05. The number of carbonyl (C=O) groups is 1. The van der Waals surface area contributed by atoms with E-state index in [2.05, 4.69) is 10.3 Å². The topological polar surface area (TPSA) is 94.4 Å². The first kappa shape index (κ1) is 17.7. The maximum absolute atomic E-state index is 12.1. The van der Waals surface area contributed by atoms with Crippen LogP contribution in [0.15, 0.2) is 36.7 Å². The number of nitrogens with one attached hydrogen (secondary N) is 1. The van der Waals surface area contributed by atoms with Crippen LogP contribution in [0.1, 0.15) is 31.1 Å². The largest absolute Gasteiger partial charge is 0.454 e. The summed E-state index contributed by atoms with van der Waals surface area (Å²) in [6.45, 7) is 5.61. The third kappa shape index (κ3) is 4.66. The molecular weight excluding hydrogens is 334 g/mol. The van der Waals surface area contributed by atoms with Crippen LogP contribution in [0.25, 0.3) is 0 Å². The molecule has 24 heavy (non-hydrogen) atoms. The molecule has 0 aliphatic heterocycles. The smallest absolute Gasteiger partial charge is 0.271 e. The van der Waals surface area contributed by atoms with Gasteiger partial charge in [0.15, 0.2) is 0 Å². The standard InChI is InChI=1S/C16H16ClN3O4/c1-16(2,3)19-15(21)10-6-12(9-18-8-10)24-14-5-4-11(20(22)23)7-13(14)17/h4-9H,1-3H3,(H,19,21). The highest BCUT2D eigenvalue weighted by Gasteiger charge is 2.17. The van der Waals surface area contributed by atoms with Crippen molar-refractivity contribution in [3.05, 3.63) is 57.4 Å². The van der Waals surface area contributed by atoms with Crippen molar-refractivity contribution >= 4 is 23.2 Å². The lowest BCUT2D eigenvalue weighted by molar-refractivity contribution is -0.384. The zero-order valence-corrected chi connectivity index (χ0v) is 14.1. The minimum atomic E-state index is -0.547. The highest BCUT2D eigenvalue weighted by atomic mass is 35.5. The van der Waals surface area contributed by atoms with E-state index in [0.717, 1.165) is 0 Å². The molecule has 2 rings (SSSR count). The van der Waals surface area contributed by atoms with Crippen LogP contribution in [0.3, 0.4) is 0 Å². The van der Waals surface area contributed by atoms with Gasteiger partial charge in [-0.2, -0.15) is 0 Å². The van der Waals surface area contributed by atoms with Crippen LogP contribution in [0.2, 0.25) is 5.02 Å². The summed E-state index contributed by atoms with van der Waals surface area (Å²) in [4.78, 5) is 26.3. The Hall–Kier alpha value is -2.67. The fourth-order valence-corrected chi connectivity index (χ4v) is 2.04. The van der Waals surface area contributed by atoms with Gasteiger partial charge in [-0.15, -0.1) is 0 Å². The van der Waals surface area contributed by atoms with Gasteiger partial charge >= 0.3 is 0 Å². The van der Waals surface area contributed by atoms with Crippen LogP contribution in [0, 0.1) is 10.1 Å². The number of halogens is 1. The molecule has 0 saturated carbocycles. The van der Waals surface area contributed by atoms with Crippen molar-refractivity contribution in [3.63, 3.8) is 0 Å². The molecule has 2 aromatic rings. The molecule has 0 saturated heterocycles. The molecule has 0 bridgehead atoms. The van der Waals surface area contributed by atoms with Gasteiger partial charge in [0.05, 0.1) is 21.7 Å². The molecule has 0 aliphatic rings. The van der Waals surface area contributed by atoms with E-state index in [-0.39, 0.29) is 27.9 Å². The molecule has 0 radical (unpaired) electrons. The summed E-state index contributed by atoms with van der Waals surface area (Å²) in [6, 6.07) is 5.39. The summed E-state index contributed by atoms with van der Waals surface area (Å²) in [5.41, 5.74) is -0.181. The number of hydrogen-bond acceptors (Lipinski definition) is 5. The second kappa shape index (κ2) is 6.84. The number of non-ortho nitro benzene ring substituents is 1. The van der Waals surface area contributed by atoms with Crippen LogP contribution < -0.4 is 10.1 Å². The highest BCUT2D eigenvalue weighted by Crippen LogP contribution is 2.32. The number of nitro groups is 1. The molecule has 0 fully saturated rings. The van der Waals surface area contributed by atoms with E-state index in [9.17, 15) is 14.9 Å². The summed E-state index contributed by atoms with van der Waals surface area (Å²) in [7, 11) is 0. The van der Waals surface area contributed by atoms with E-state index in [4.69, 9.17) is 16.3 Å². The Balaban J connectivity index is 2.21. The maximum Gasteiger partial charge on any atom is 0.271 e. The van der Waals surface area contributed by atoms with E-state index in [1.807, 2.05) is 20.8 Å². The van der Waals surface area contributed by atoms with Gasteiger partial charge in [-0.25, -0.2) is 0 Å². The normalized spacial score (nSPS) is 11.0. The van der Waals surface area contributed by atoms with Crippen molar-refractivity contribution in [2.24, 2.45) is 0 Å². The van der Waals surface area contributed by atoms with Crippen LogP contribution in [0.5, 0.6) is 11.5 Å². The number of aromatic nitrogens is 1. The van der Waals surface area contributed by atoms with Crippen molar-refractivity contribution in [1.29, 1.82) is 0 Å². The lowest BCUT2D eigenvalue weighted by atomic mass is 10.1. The van der Waals surface area contributed by atoms with Gasteiger partial charge in [0.25, 0.3) is 11.6 Å². The third-order valence-corrected chi connectivity index (χ3v) is 3.11. The minimum absolute atomic E-state index is 0.0914. The average molecular weight is 350 g/mol. The van der Waals surface area contributed by atoms with Gasteiger partial charge < -0.3 is 10.1 Å². The maximum atomic E-state index is 12.1. The summed E-state index contributed by atoms with van der Waals surface area (Å²) >= 11 is 5.98. The molecule has 0 spiro atoms. The first-order chi connectivity index (χ1) is 11.2. The molecule has 0 aliphatic carbocycles. The Morgan fingerprint density at radius 1 is 1.29 bits per heavy atom. The lowest BCUT2D eigenvalue weighted by Crippen LogP contribution is -2.40. The predicted octanol–water partition coefficient (Wildman–Crippen LogP) is 3.96. The quantitative estimate of drug-likeness (QED) is 0.665. The van der Waals surface area contributed by atoms with E-state index < -0.39 is 4.92 Å². The number of pyridine rings is 1. The van der Waals surface area contributed by atoms with Crippen molar-refractivity contribution in [3.8, 4) is 11.5 Å². The number of hydrogen-bond donors (Lipinski definition) is 1. The van der Waals surface area contributed by atoms with E-state index in [1.165, 1.54) is 36.7 Å². The van der Waals surface area contributed by atoms with Gasteiger partial charge in [-0.3, -0.25) is 19.9 Å². The fourth-order valence-electron chi connectivity index (χ4n) is 1.82. The Morgan fingerprint density at radius 2 is 2.00 bits per heavy atom. The number of nitrogens with zero attached hydrogens (tertiary/aromatic N) is 2.